The topological polar surface area (TPSA) is 121 Å². The van der Waals surface area contributed by atoms with Gasteiger partial charge in [0.15, 0.2) is 0 Å². The van der Waals surface area contributed by atoms with E-state index < -0.39 is 6.23 Å². The monoisotopic (exact) mass is 285 g/mol. The molecule has 6 nitrogen and oxygen atoms in total. The Bertz CT molecular complexity index is 590. The number of nitriles is 1. The van der Waals surface area contributed by atoms with Gasteiger partial charge in [-0.1, -0.05) is 6.07 Å². The zero-order valence-electron chi connectivity index (χ0n) is 11.7. The molecule has 0 amide bonds. The van der Waals surface area contributed by atoms with Crippen molar-refractivity contribution >= 4 is 17.6 Å². The Morgan fingerprint density at radius 1 is 1.62 bits per heavy atom. The van der Waals surface area contributed by atoms with E-state index in [0.29, 0.717) is 16.8 Å². The van der Waals surface area contributed by atoms with Crippen LogP contribution in [0.1, 0.15) is 30.4 Å². The number of nitrogens with one attached hydrogen (secondary N) is 2. The third-order valence-corrected chi connectivity index (χ3v) is 3.77. The standard InChI is InChI=1S/C15H19N5O/c16-6-5-12(18)10-3-4-13(11(8-10)9-17)20-7-1-2-14(20)15(19)21/h3-4,6,8,14-16,18,21H,1-2,5,7,19H2. The summed E-state index contributed by atoms with van der Waals surface area (Å²) in [4.78, 5) is 1.97. The second kappa shape index (κ2) is 6.48. The summed E-state index contributed by atoms with van der Waals surface area (Å²) in [6.45, 7) is 0.755. The molecule has 0 aromatic heterocycles. The summed E-state index contributed by atoms with van der Waals surface area (Å²) in [6, 6.07) is 7.22. The van der Waals surface area contributed by atoms with Crippen LogP contribution < -0.4 is 10.6 Å². The molecule has 2 atom stereocenters. The number of rotatable bonds is 5. The van der Waals surface area contributed by atoms with E-state index in [0.717, 1.165) is 25.1 Å². The van der Waals surface area contributed by atoms with Crippen LogP contribution in [0.5, 0.6) is 0 Å². The summed E-state index contributed by atoms with van der Waals surface area (Å²) in [5.74, 6) is 0. The van der Waals surface area contributed by atoms with Crippen LogP contribution in [0.3, 0.4) is 0 Å². The highest BCUT2D eigenvalue weighted by Gasteiger charge is 2.30. The van der Waals surface area contributed by atoms with Crippen LogP contribution >= 0.6 is 0 Å². The Morgan fingerprint density at radius 3 is 3.00 bits per heavy atom. The third-order valence-electron chi connectivity index (χ3n) is 3.77. The van der Waals surface area contributed by atoms with E-state index in [1.54, 1.807) is 18.2 Å². The summed E-state index contributed by atoms with van der Waals surface area (Å²) in [5.41, 5.74) is 7.77. The van der Waals surface area contributed by atoms with Crippen LogP contribution in [-0.2, 0) is 0 Å². The number of nitrogens with two attached hydrogens (primary N) is 1. The molecule has 1 aliphatic rings. The first-order valence-corrected chi connectivity index (χ1v) is 6.89. The lowest BCUT2D eigenvalue weighted by molar-refractivity contribution is 0.152. The van der Waals surface area contributed by atoms with Gasteiger partial charge in [0.25, 0.3) is 0 Å². The lowest BCUT2D eigenvalue weighted by Gasteiger charge is -2.29. The third kappa shape index (κ3) is 3.10. The van der Waals surface area contributed by atoms with Crippen molar-refractivity contribution < 1.29 is 5.11 Å². The van der Waals surface area contributed by atoms with Gasteiger partial charge in [0.2, 0.25) is 0 Å². The number of anilines is 1. The molecular formula is C15H19N5O. The molecule has 2 unspecified atom stereocenters. The number of benzene rings is 1. The number of aliphatic hydroxyl groups excluding tert-OH is 1. The van der Waals surface area contributed by atoms with Gasteiger partial charge in [0, 0.05) is 24.9 Å². The largest absolute Gasteiger partial charge is 0.377 e. The van der Waals surface area contributed by atoms with Gasteiger partial charge in [-0.2, -0.15) is 5.26 Å². The molecule has 0 spiro atoms. The molecule has 6 heteroatoms. The molecular weight excluding hydrogens is 266 g/mol. The van der Waals surface area contributed by atoms with E-state index in [9.17, 15) is 10.4 Å². The molecule has 1 saturated heterocycles. The molecule has 0 radical (unpaired) electrons. The smallest absolute Gasteiger partial charge is 0.122 e. The van der Waals surface area contributed by atoms with E-state index in [1.807, 2.05) is 4.90 Å². The highest BCUT2D eigenvalue weighted by Crippen LogP contribution is 2.30. The van der Waals surface area contributed by atoms with Gasteiger partial charge in [-0.3, -0.25) is 0 Å². The summed E-state index contributed by atoms with van der Waals surface area (Å²) in [5, 5.41) is 33.9. The maximum Gasteiger partial charge on any atom is 0.122 e. The van der Waals surface area contributed by atoms with Crippen LogP contribution in [0.2, 0.25) is 0 Å². The number of hydrogen-bond acceptors (Lipinski definition) is 6. The molecule has 1 fully saturated rings. The maximum absolute atomic E-state index is 9.65. The van der Waals surface area contributed by atoms with Crippen LogP contribution in [0.4, 0.5) is 5.69 Å². The van der Waals surface area contributed by atoms with E-state index >= 15 is 0 Å². The molecule has 0 saturated carbocycles. The molecule has 0 bridgehead atoms. The summed E-state index contributed by atoms with van der Waals surface area (Å²) in [6.07, 6.45) is 2.21. The quantitative estimate of drug-likeness (QED) is 0.480. The molecule has 1 aliphatic heterocycles. The Balaban J connectivity index is 2.35. The minimum Gasteiger partial charge on any atom is -0.377 e. The van der Waals surface area contributed by atoms with Gasteiger partial charge in [-0.25, -0.2) is 0 Å². The van der Waals surface area contributed by atoms with Crippen LogP contribution in [0, 0.1) is 22.1 Å². The Labute approximate surface area is 123 Å². The van der Waals surface area contributed by atoms with Crippen LogP contribution in [0.25, 0.3) is 0 Å². The summed E-state index contributed by atoms with van der Waals surface area (Å²) in [7, 11) is 0. The number of aliphatic hydroxyl groups is 1. The highest BCUT2D eigenvalue weighted by molar-refractivity contribution is 6.05. The molecule has 1 aromatic rings. The number of hydrogen-bond donors (Lipinski definition) is 4. The van der Waals surface area contributed by atoms with Crippen molar-refractivity contribution in [2.75, 3.05) is 11.4 Å². The molecule has 2 rings (SSSR count). The average molecular weight is 285 g/mol. The van der Waals surface area contributed by atoms with Gasteiger partial charge < -0.3 is 26.6 Å². The lowest BCUT2D eigenvalue weighted by Crippen LogP contribution is -2.44. The first-order chi connectivity index (χ1) is 10.1. The fraction of sp³-hybridized carbons (Fsp3) is 0.400. The van der Waals surface area contributed by atoms with Crippen molar-refractivity contribution in [2.24, 2.45) is 5.73 Å². The molecule has 0 aliphatic carbocycles. The fourth-order valence-electron chi connectivity index (χ4n) is 2.73. The average Bonchev–Trinajstić information content (AvgIpc) is 2.96. The molecule has 1 aromatic carbocycles. The zero-order chi connectivity index (χ0) is 15.4. The van der Waals surface area contributed by atoms with Gasteiger partial charge in [0.05, 0.1) is 17.3 Å². The van der Waals surface area contributed by atoms with Gasteiger partial charge in [0.1, 0.15) is 12.3 Å². The summed E-state index contributed by atoms with van der Waals surface area (Å²) >= 11 is 0. The lowest BCUT2D eigenvalue weighted by atomic mass is 10.0. The zero-order valence-corrected chi connectivity index (χ0v) is 11.7. The molecule has 5 N–H and O–H groups in total. The molecule has 21 heavy (non-hydrogen) atoms. The Hall–Kier alpha value is -2.23. The highest BCUT2D eigenvalue weighted by atomic mass is 16.3. The Morgan fingerprint density at radius 2 is 2.38 bits per heavy atom. The van der Waals surface area contributed by atoms with Crippen molar-refractivity contribution in [2.45, 2.75) is 31.5 Å². The van der Waals surface area contributed by atoms with Gasteiger partial charge in [-0.15, -0.1) is 0 Å². The minimum absolute atomic E-state index is 0.177. The molecule has 1 heterocycles. The maximum atomic E-state index is 9.65. The summed E-state index contributed by atoms with van der Waals surface area (Å²) < 4.78 is 0. The normalized spacial score (nSPS) is 19.1. The minimum atomic E-state index is -0.935. The van der Waals surface area contributed by atoms with Crippen molar-refractivity contribution in [3.8, 4) is 6.07 Å². The van der Waals surface area contributed by atoms with Gasteiger partial charge >= 0.3 is 0 Å². The van der Waals surface area contributed by atoms with E-state index in [-0.39, 0.29) is 12.5 Å². The SMILES string of the molecule is N#Cc1cc(C(=N)CC=N)ccc1N1CCCC1C(N)O. The number of nitrogens with zero attached hydrogens (tertiary/aromatic N) is 2. The first-order valence-electron chi connectivity index (χ1n) is 6.89. The van der Waals surface area contributed by atoms with Crippen molar-refractivity contribution in [1.29, 1.82) is 16.1 Å². The van der Waals surface area contributed by atoms with E-state index in [1.165, 1.54) is 6.21 Å². The van der Waals surface area contributed by atoms with Crippen LogP contribution in [-0.4, -0.2) is 35.8 Å². The first kappa shape index (κ1) is 15.2. The predicted molar refractivity (Wildman–Crippen MR) is 81.9 cm³/mol. The van der Waals surface area contributed by atoms with Crippen molar-refractivity contribution in [3.63, 3.8) is 0 Å². The van der Waals surface area contributed by atoms with Gasteiger partial charge in [-0.05, 0) is 30.5 Å². The fourth-order valence-corrected chi connectivity index (χ4v) is 2.73. The van der Waals surface area contributed by atoms with E-state index in [2.05, 4.69) is 6.07 Å². The van der Waals surface area contributed by atoms with Crippen LogP contribution in [0.15, 0.2) is 18.2 Å². The Kier molecular flexibility index (Phi) is 4.68. The second-order valence-corrected chi connectivity index (χ2v) is 5.12. The van der Waals surface area contributed by atoms with Crippen molar-refractivity contribution in [1.82, 2.24) is 0 Å². The second-order valence-electron chi connectivity index (χ2n) is 5.12. The van der Waals surface area contributed by atoms with Crippen molar-refractivity contribution in [3.05, 3.63) is 29.3 Å². The predicted octanol–water partition coefficient (Wildman–Crippen LogP) is 1.21. The molecule has 110 valence electrons. The van der Waals surface area contributed by atoms with E-state index in [4.69, 9.17) is 16.6 Å².